The fraction of sp³-hybridized carbons (Fsp3) is 0.250. The molecule has 0 radical (unpaired) electrons. The number of ether oxygens (including phenoxy) is 2. The number of nitrogens with one attached hydrogen (secondary N) is 3. The summed E-state index contributed by atoms with van der Waals surface area (Å²) >= 11 is 0. The predicted octanol–water partition coefficient (Wildman–Crippen LogP) is 1.73. The number of anilines is 1. The molecule has 4 N–H and O–H groups in total. The molecule has 1 aromatic carbocycles. The SMILES string of the molecule is C=CCOC(=O)C1=C(C)Nc2[nH]c(=O)[nH]c(=O)c2[C@H]1c1ccc(O)c(OCC)c1. The number of esters is 1. The Bertz CT molecular complexity index is 1110. The standard InChI is InChI=1S/C20H21N3O6/c1-4-8-29-19(26)14-10(3)21-17-16(18(25)23-20(27)22-17)15(14)11-6-7-12(24)13(9-11)28-5-2/h4,6-7,9,15,24H,1,5,8H2,2-3H3,(H3,21,22,23,25,27)/t15-/m0/s1. The molecule has 0 aliphatic carbocycles. The van der Waals surface area contributed by atoms with Gasteiger partial charge in [-0.2, -0.15) is 0 Å². The van der Waals surface area contributed by atoms with E-state index in [-0.39, 0.29) is 35.1 Å². The smallest absolute Gasteiger partial charge is 0.337 e. The van der Waals surface area contributed by atoms with Crippen LogP contribution in [0.5, 0.6) is 11.5 Å². The molecule has 1 atom stereocenters. The molecule has 0 spiro atoms. The Hall–Kier alpha value is -3.75. The summed E-state index contributed by atoms with van der Waals surface area (Å²) in [4.78, 5) is 41.9. The second-order valence-corrected chi connectivity index (χ2v) is 6.34. The highest BCUT2D eigenvalue weighted by molar-refractivity contribution is 5.94. The van der Waals surface area contributed by atoms with Crippen LogP contribution in [-0.2, 0) is 9.53 Å². The first-order valence-corrected chi connectivity index (χ1v) is 8.95. The largest absolute Gasteiger partial charge is 0.504 e. The van der Waals surface area contributed by atoms with Crippen LogP contribution in [0.25, 0.3) is 0 Å². The Kier molecular flexibility index (Phi) is 5.58. The van der Waals surface area contributed by atoms with Crippen molar-refractivity contribution in [3.63, 3.8) is 0 Å². The third-order valence-corrected chi connectivity index (χ3v) is 4.44. The fourth-order valence-corrected chi connectivity index (χ4v) is 3.28. The zero-order valence-corrected chi connectivity index (χ0v) is 16.0. The van der Waals surface area contributed by atoms with E-state index in [9.17, 15) is 19.5 Å². The Balaban J connectivity index is 2.25. The van der Waals surface area contributed by atoms with Gasteiger partial charge in [0.15, 0.2) is 11.5 Å². The van der Waals surface area contributed by atoms with Gasteiger partial charge in [-0.3, -0.25) is 14.8 Å². The maximum absolute atomic E-state index is 12.8. The van der Waals surface area contributed by atoms with Crippen molar-refractivity contribution in [2.24, 2.45) is 0 Å². The summed E-state index contributed by atoms with van der Waals surface area (Å²) in [5.74, 6) is -1.17. The van der Waals surface area contributed by atoms with E-state index in [0.29, 0.717) is 17.9 Å². The minimum absolute atomic E-state index is 0.00303. The molecule has 0 amide bonds. The Morgan fingerprint density at radius 1 is 1.31 bits per heavy atom. The van der Waals surface area contributed by atoms with Crippen LogP contribution in [0.1, 0.15) is 30.9 Å². The van der Waals surface area contributed by atoms with Gasteiger partial charge in [0, 0.05) is 5.70 Å². The van der Waals surface area contributed by atoms with Crippen molar-refractivity contribution >= 4 is 11.8 Å². The fourth-order valence-electron chi connectivity index (χ4n) is 3.28. The lowest BCUT2D eigenvalue weighted by Crippen LogP contribution is -2.35. The molecule has 0 saturated heterocycles. The van der Waals surface area contributed by atoms with E-state index in [1.54, 1.807) is 26.0 Å². The molecular weight excluding hydrogens is 378 g/mol. The van der Waals surface area contributed by atoms with Gasteiger partial charge in [-0.1, -0.05) is 18.7 Å². The Morgan fingerprint density at radius 3 is 2.76 bits per heavy atom. The topological polar surface area (TPSA) is 134 Å². The van der Waals surface area contributed by atoms with Gasteiger partial charge in [-0.15, -0.1) is 0 Å². The van der Waals surface area contributed by atoms with Crippen molar-refractivity contribution in [1.29, 1.82) is 0 Å². The molecule has 1 aliphatic heterocycles. The minimum Gasteiger partial charge on any atom is -0.504 e. The molecule has 1 aliphatic rings. The molecule has 9 nitrogen and oxygen atoms in total. The van der Waals surface area contributed by atoms with Gasteiger partial charge in [0.2, 0.25) is 0 Å². The van der Waals surface area contributed by atoms with Crippen LogP contribution < -0.4 is 21.3 Å². The molecule has 9 heteroatoms. The molecule has 2 heterocycles. The Morgan fingerprint density at radius 2 is 2.07 bits per heavy atom. The number of fused-ring (bicyclic) bond motifs is 1. The van der Waals surface area contributed by atoms with Crippen molar-refractivity contribution in [2.45, 2.75) is 19.8 Å². The summed E-state index contributed by atoms with van der Waals surface area (Å²) in [5, 5.41) is 12.9. The number of aromatic amines is 2. The summed E-state index contributed by atoms with van der Waals surface area (Å²) in [5.41, 5.74) is -0.0424. The molecule has 0 unspecified atom stereocenters. The van der Waals surface area contributed by atoms with Crippen LogP contribution in [-0.4, -0.2) is 34.3 Å². The van der Waals surface area contributed by atoms with Gasteiger partial charge in [0.25, 0.3) is 5.56 Å². The van der Waals surface area contributed by atoms with Gasteiger partial charge in [0.05, 0.1) is 23.7 Å². The molecule has 152 valence electrons. The number of carbonyl (C=O) groups excluding carboxylic acids is 1. The second-order valence-electron chi connectivity index (χ2n) is 6.34. The van der Waals surface area contributed by atoms with Crippen LogP contribution >= 0.6 is 0 Å². The van der Waals surface area contributed by atoms with E-state index in [1.807, 2.05) is 0 Å². The number of aromatic hydroxyl groups is 1. The van der Waals surface area contributed by atoms with Crippen LogP contribution in [0.3, 0.4) is 0 Å². The van der Waals surface area contributed by atoms with E-state index in [4.69, 9.17) is 9.47 Å². The van der Waals surface area contributed by atoms with Crippen molar-refractivity contribution in [2.75, 3.05) is 18.5 Å². The highest BCUT2D eigenvalue weighted by Gasteiger charge is 2.36. The van der Waals surface area contributed by atoms with Gasteiger partial charge >= 0.3 is 11.7 Å². The predicted molar refractivity (Wildman–Crippen MR) is 106 cm³/mol. The molecule has 29 heavy (non-hydrogen) atoms. The molecule has 1 aromatic heterocycles. The van der Waals surface area contributed by atoms with E-state index >= 15 is 0 Å². The average molecular weight is 399 g/mol. The van der Waals surface area contributed by atoms with E-state index in [2.05, 4.69) is 21.9 Å². The van der Waals surface area contributed by atoms with Crippen molar-refractivity contribution in [1.82, 2.24) is 9.97 Å². The lowest BCUT2D eigenvalue weighted by atomic mass is 9.82. The zero-order chi connectivity index (χ0) is 21.1. The second kappa shape index (κ2) is 8.09. The maximum Gasteiger partial charge on any atom is 0.337 e. The quantitative estimate of drug-likeness (QED) is 0.429. The number of aromatic nitrogens is 2. The third kappa shape index (κ3) is 3.79. The van der Waals surface area contributed by atoms with Crippen LogP contribution in [0, 0.1) is 0 Å². The number of rotatable bonds is 6. The molecular formula is C20H21N3O6. The number of hydrogen-bond acceptors (Lipinski definition) is 7. The summed E-state index contributed by atoms with van der Waals surface area (Å²) in [6.45, 7) is 7.25. The zero-order valence-electron chi connectivity index (χ0n) is 16.0. The van der Waals surface area contributed by atoms with Gasteiger partial charge < -0.3 is 19.9 Å². The summed E-state index contributed by atoms with van der Waals surface area (Å²) < 4.78 is 10.7. The van der Waals surface area contributed by atoms with E-state index in [1.165, 1.54) is 12.1 Å². The summed E-state index contributed by atoms with van der Waals surface area (Å²) in [6, 6.07) is 4.55. The van der Waals surface area contributed by atoms with Crippen molar-refractivity contribution in [3.05, 3.63) is 74.1 Å². The molecule has 3 rings (SSSR count). The first-order valence-electron chi connectivity index (χ1n) is 8.95. The minimum atomic E-state index is -0.857. The number of benzene rings is 1. The number of carbonyl (C=O) groups is 1. The maximum atomic E-state index is 12.8. The normalized spacial score (nSPS) is 15.3. The van der Waals surface area contributed by atoms with Gasteiger partial charge in [-0.05, 0) is 31.5 Å². The monoisotopic (exact) mass is 399 g/mol. The number of H-pyrrole nitrogens is 2. The lowest BCUT2D eigenvalue weighted by Gasteiger charge is -2.29. The first-order chi connectivity index (χ1) is 13.9. The van der Waals surface area contributed by atoms with E-state index < -0.39 is 23.1 Å². The highest BCUT2D eigenvalue weighted by Crippen LogP contribution is 2.41. The van der Waals surface area contributed by atoms with Gasteiger partial charge in [0.1, 0.15) is 12.4 Å². The number of phenols is 1. The molecule has 2 aromatic rings. The molecule has 0 saturated carbocycles. The van der Waals surface area contributed by atoms with E-state index in [0.717, 1.165) is 0 Å². The van der Waals surface area contributed by atoms with Crippen LogP contribution in [0.2, 0.25) is 0 Å². The van der Waals surface area contributed by atoms with Crippen molar-refractivity contribution in [3.8, 4) is 11.5 Å². The lowest BCUT2D eigenvalue weighted by molar-refractivity contribution is -0.138. The van der Waals surface area contributed by atoms with Crippen molar-refractivity contribution < 1.29 is 19.4 Å². The Labute approximate surface area is 165 Å². The van der Waals surface area contributed by atoms with Gasteiger partial charge in [-0.25, -0.2) is 9.59 Å². The average Bonchev–Trinajstić information content (AvgIpc) is 2.66. The summed E-state index contributed by atoms with van der Waals surface area (Å²) in [6.07, 6.45) is 1.44. The highest BCUT2D eigenvalue weighted by atomic mass is 16.5. The number of allylic oxidation sites excluding steroid dienone is 1. The molecule has 0 fully saturated rings. The number of phenolic OH excluding ortho intramolecular Hbond substituents is 1. The first kappa shape index (κ1) is 20.0. The summed E-state index contributed by atoms with van der Waals surface area (Å²) in [7, 11) is 0. The molecule has 0 bridgehead atoms. The number of hydrogen-bond donors (Lipinski definition) is 4. The van der Waals surface area contributed by atoms with Crippen LogP contribution in [0.15, 0.2) is 51.7 Å². The van der Waals surface area contributed by atoms with Crippen LogP contribution in [0.4, 0.5) is 5.82 Å². The third-order valence-electron chi connectivity index (χ3n) is 4.44.